The zero-order valence-corrected chi connectivity index (χ0v) is 12.4. The molecule has 0 aromatic carbocycles. The lowest BCUT2D eigenvalue weighted by molar-refractivity contribution is 0.0694. The zero-order valence-electron chi connectivity index (χ0n) is 12.4. The second-order valence-electron chi connectivity index (χ2n) is 5.42. The van der Waals surface area contributed by atoms with Crippen LogP contribution in [0.25, 0.3) is 0 Å². The van der Waals surface area contributed by atoms with Crippen molar-refractivity contribution < 1.29 is 9.47 Å². The van der Waals surface area contributed by atoms with Crippen LogP contribution in [0.4, 0.5) is 0 Å². The van der Waals surface area contributed by atoms with Crippen LogP contribution in [0.3, 0.4) is 0 Å². The molecule has 0 aliphatic rings. The van der Waals surface area contributed by atoms with Gasteiger partial charge in [0.15, 0.2) is 0 Å². The number of hydrogen-bond acceptors (Lipinski definition) is 4. The van der Waals surface area contributed by atoms with Crippen molar-refractivity contribution in [1.29, 1.82) is 0 Å². The molecule has 0 amide bonds. The molecular formula is C13H30N2O2. The Hall–Kier alpha value is -0.160. The third-order valence-electron chi connectivity index (χ3n) is 2.64. The summed E-state index contributed by atoms with van der Waals surface area (Å²) in [5, 5.41) is 3.52. The lowest BCUT2D eigenvalue weighted by Gasteiger charge is -2.31. The Balaban J connectivity index is 4.02. The Morgan fingerprint density at radius 1 is 1.29 bits per heavy atom. The maximum absolute atomic E-state index is 5.37. The molecule has 1 N–H and O–H groups in total. The molecule has 4 nitrogen and oxygen atoms in total. The normalized spacial score (nSPS) is 14.3. The maximum atomic E-state index is 5.37. The molecule has 0 heterocycles. The van der Waals surface area contributed by atoms with E-state index in [2.05, 4.69) is 38.0 Å². The second kappa shape index (κ2) is 8.86. The van der Waals surface area contributed by atoms with Gasteiger partial charge in [-0.3, -0.25) is 4.90 Å². The summed E-state index contributed by atoms with van der Waals surface area (Å²) in [6, 6.07) is 0.389. The monoisotopic (exact) mass is 246 g/mol. The molecular weight excluding hydrogens is 216 g/mol. The number of rotatable bonds is 9. The van der Waals surface area contributed by atoms with Crippen LogP contribution < -0.4 is 5.32 Å². The molecule has 0 aromatic rings. The van der Waals surface area contributed by atoms with Crippen molar-refractivity contribution in [3.8, 4) is 0 Å². The van der Waals surface area contributed by atoms with Crippen molar-refractivity contribution in [3.05, 3.63) is 0 Å². The molecule has 104 valence electrons. The largest absolute Gasteiger partial charge is 0.383 e. The van der Waals surface area contributed by atoms with E-state index in [4.69, 9.17) is 9.47 Å². The van der Waals surface area contributed by atoms with E-state index in [1.807, 2.05) is 6.92 Å². The third kappa shape index (κ3) is 9.53. The Morgan fingerprint density at radius 2 is 1.94 bits per heavy atom. The molecule has 0 rings (SSSR count). The molecule has 0 aliphatic carbocycles. The average molecular weight is 246 g/mol. The van der Waals surface area contributed by atoms with Crippen LogP contribution in [0.5, 0.6) is 0 Å². The van der Waals surface area contributed by atoms with Gasteiger partial charge in [0.05, 0.1) is 13.2 Å². The van der Waals surface area contributed by atoms with Crippen molar-refractivity contribution in [1.82, 2.24) is 10.2 Å². The number of likely N-dealkylation sites (N-methyl/N-ethyl adjacent to an activating group) is 1. The first kappa shape index (κ1) is 16.8. The molecule has 0 saturated heterocycles. The quantitative estimate of drug-likeness (QED) is 0.623. The van der Waals surface area contributed by atoms with Gasteiger partial charge in [-0.25, -0.2) is 0 Å². The fourth-order valence-corrected chi connectivity index (χ4v) is 1.49. The lowest BCUT2D eigenvalue weighted by Crippen LogP contribution is -2.49. The number of hydrogen-bond donors (Lipinski definition) is 1. The van der Waals surface area contributed by atoms with Crippen molar-refractivity contribution in [3.63, 3.8) is 0 Å². The second-order valence-corrected chi connectivity index (χ2v) is 5.42. The van der Waals surface area contributed by atoms with Gasteiger partial charge in [-0.2, -0.15) is 0 Å². The van der Waals surface area contributed by atoms with Crippen LogP contribution in [0.2, 0.25) is 0 Å². The fourth-order valence-electron chi connectivity index (χ4n) is 1.49. The van der Waals surface area contributed by atoms with Crippen molar-refractivity contribution in [2.45, 2.75) is 39.3 Å². The summed E-state index contributed by atoms with van der Waals surface area (Å²) in [7, 11) is 3.87. The highest BCUT2D eigenvalue weighted by molar-refractivity contribution is 4.77. The summed E-state index contributed by atoms with van der Waals surface area (Å²) in [6.07, 6.45) is 0. The molecule has 0 spiro atoms. The summed E-state index contributed by atoms with van der Waals surface area (Å²) in [6.45, 7) is 12.7. The Kier molecular flexibility index (Phi) is 8.78. The van der Waals surface area contributed by atoms with Gasteiger partial charge in [0, 0.05) is 38.4 Å². The van der Waals surface area contributed by atoms with Crippen molar-refractivity contribution >= 4 is 0 Å². The molecule has 1 atom stereocenters. The van der Waals surface area contributed by atoms with E-state index < -0.39 is 0 Å². The predicted octanol–water partition coefficient (Wildman–Crippen LogP) is 1.36. The number of nitrogens with one attached hydrogen (secondary N) is 1. The first-order valence-corrected chi connectivity index (χ1v) is 6.42. The van der Waals surface area contributed by atoms with Crippen molar-refractivity contribution in [2.24, 2.45) is 0 Å². The predicted molar refractivity (Wildman–Crippen MR) is 72.5 cm³/mol. The van der Waals surface area contributed by atoms with E-state index in [1.165, 1.54) is 0 Å². The topological polar surface area (TPSA) is 33.7 Å². The summed E-state index contributed by atoms with van der Waals surface area (Å²) >= 11 is 0. The van der Waals surface area contributed by atoms with Gasteiger partial charge >= 0.3 is 0 Å². The summed E-state index contributed by atoms with van der Waals surface area (Å²) in [5.74, 6) is 0. The Bertz CT molecular complexity index is 181. The summed E-state index contributed by atoms with van der Waals surface area (Å²) in [5.41, 5.74) is 0.146. The Morgan fingerprint density at radius 3 is 2.41 bits per heavy atom. The van der Waals surface area contributed by atoms with Gasteiger partial charge in [-0.15, -0.1) is 0 Å². The minimum atomic E-state index is 0.146. The lowest BCUT2D eigenvalue weighted by atomic mass is 10.1. The molecule has 0 bridgehead atoms. The van der Waals surface area contributed by atoms with Gasteiger partial charge in [0.2, 0.25) is 0 Å². The van der Waals surface area contributed by atoms with Gasteiger partial charge in [-0.1, -0.05) is 0 Å². The molecule has 0 radical (unpaired) electrons. The van der Waals surface area contributed by atoms with Crippen LogP contribution in [0, 0.1) is 0 Å². The molecule has 0 fully saturated rings. The highest BCUT2D eigenvalue weighted by atomic mass is 16.5. The summed E-state index contributed by atoms with van der Waals surface area (Å²) < 4.78 is 10.6. The first-order valence-electron chi connectivity index (χ1n) is 6.42. The maximum Gasteiger partial charge on any atom is 0.0630 e. The third-order valence-corrected chi connectivity index (χ3v) is 2.64. The van der Waals surface area contributed by atoms with E-state index in [1.54, 1.807) is 7.11 Å². The van der Waals surface area contributed by atoms with Crippen LogP contribution in [0.15, 0.2) is 0 Å². The van der Waals surface area contributed by atoms with E-state index in [0.29, 0.717) is 6.04 Å². The standard InChI is InChI=1S/C13H30N2O2/c1-7-17-9-8-15(5)12(11-16-6)10-14-13(2,3)4/h12,14H,7-11H2,1-6H3. The molecule has 1 unspecified atom stereocenters. The summed E-state index contributed by atoms with van der Waals surface area (Å²) in [4.78, 5) is 2.29. The van der Waals surface area contributed by atoms with Crippen LogP contribution in [-0.4, -0.2) is 63.5 Å². The van der Waals surface area contributed by atoms with Gasteiger partial charge in [-0.05, 0) is 34.7 Å². The number of ether oxygens (including phenoxy) is 2. The van der Waals surface area contributed by atoms with E-state index >= 15 is 0 Å². The average Bonchev–Trinajstić information content (AvgIpc) is 2.23. The molecule has 0 saturated carbocycles. The van der Waals surface area contributed by atoms with E-state index in [9.17, 15) is 0 Å². The minimum Gasteiger partial charge on any atom is -0.383 e. The Labute approximate surface area is 107 Å². The minimum absolute atomic E-state index is 0.146. The molecule has 0 aliphatic heterocycles. The van der Waals surface area contributed by atoms with Gasteiger partial charge in [0.1, 0.15) is 0 Å². The van der Waals surface area contributed by atoms with Crippen LogP contribution in [-0.2, 0) is 9.47 Å². The highest BCUT2D eigenvalue weighted by Crippen LogP contribution is 2.02. The van der Waals surface area contributed by atoms with Crippen molar-refractivity contribution in [2.75, 3.05) is 47.1 Å². The molecule has 0 aromatic heterocycles. The molecule has 4 heteroatoms. The van der Waals surface area contributed by atoms with E-state index in [-0.39, 0.29) is 5.54 Å². The number of nitrogens with zero attached hydrogens (tertiary/aromatic N) is 1. The van der Waals surface area contributed by atoms with E-state index in [0.717, 1.165) is 32.9 Å². The van der Waals surface area contributed by atoms with Crippen LogP contribution in [0.1, 0.15) is 27.7 Å². The fraction of sp³-hybridized carbons (Fsp3) is 1.00. The van der Waals surface area contributed by atoms with Gasteiger partial charge < -0.3 is 14.8 Å². The number of methoxy groups -OCH3 is 1. The molecule has 17 heavy (non-hydrogen) atoms. The van der Waals surface area contributed by atoms with Crippen LogP contribution >= 0.6 is 0 Å². The first-order chi connectivity index (χ1) is 7.90. The smallest absolute Gasteiger partial charge is 0.0630 e. The zero-order chi connectivity index (χ0) is 13.3. The highest BCUT2D eigenvalue weighted by Gasteiger charge is 2.17. The SMILES string of the molecule is CCOCCN(C)C(CNC(C)(C)C)COC. The van der Waals surface area contributed by atoms with Gasteiger partial charge in [0.25, 0.3) is 0 Å².